The number of aliphatic hydroxyl groups excluding tert-OH is 1. The highest BCUT2D eigenvalue weighted by molar-refractivity contribution is 5.91. The van der Waals surface area contributed by atoms with Crippen LogP contribution >= 0.6 is 0 Å². The van der Waals surface area contributed by atoms with Crippen LogP contribution in [0.25, 0.3) is 0 Å². The van der Waals surface area contributed by atoms with Crippen LogP contribution in [0.1, 0.15) is 92.2 Å². The molecule has 3 atom stereocenters. The Morgan fingerprint density at radius 3 is 1.70 bits per heavy atom. The van der Waals surface area contributed by atoms with E-state index < -0.39 is 35.2 Å². The van der Waals surface area contributed by atoms with Crippen LogP contribution in [0.2, 0.25) is 0 Å². The van der Waals surface area contributed by atoms with E-state index in [0.29, 0.717) is 25.7 Å². The van der Waals surface area contributed by atoms with Crippen molar-refractivity contribution in [2.24, 2.45) is 0 Å². The quantitative estimate of drug-likeness (QED) is 0.152. The summed E-state index contributed by atoms with van der Waals surface area (Å²) in [4.78, 5) is 63.8. The molecule has 2 rings (SSSR count). The molecule has 0 bridgehead atoms. The third kappa shape index (κ3) is 18.9. The molecule has 5 N–H and O–H groups in total. The Balaban J connectivity index is 0.00000401. The molecule has 12 nitrogen and oxygen atoms in total. The Morgan fingerprint density at radius 1 is 0.740 bits per heavy atom. The van der Waals surface area contributed by atoms with E-state index in [1.54, 1.807) is 55.4 Å². The molecule has 0 aliphatic rings. The number of nitrogens with one attached hydrogen (secondary N) is 4. The molecule has 0 fully saturated rings. The summed E-state index contributed by atoms with van der Waals surface area (Å²) in [6.07, 6.45) is 1.14. The van der Waals surface area contributed by atoms with Crippen LogP contribution in [0, 0.1) is 0 Å². The summed E-state index contributed by atoms with van der Waals surface area (Å²) in [6.45, 7) is 14.0. The molecule has 0 heterocycles. The average molecular weight is 699 g/mol. The van der Waals surface area contributed by atoms with Gasteiger partial charge in [0.15, 0.2) is 0 Å². The molecule has 0 aliphatic heterocycles. The zero-order valence-corrected chi connectivity index (χ0v) is 31.0. The minimum Gasteiger partial charge on any atom is -0.466 e. The molecule has 0 aromatic heterocycles. The molecule has 0 saturated heterocycles. The van der Waals surface area contributed by atoms with Crippen molar-refractivity contribution in [1.29, 1.82) is 0 Å². The van der Waals surface area contributed by atoms with Crippen LogP contribution in [-0.4, -0.2) is 77.4 Å². The van der Waals surface area contributed by atoms with E-state index in [-0.39, 0.29) is 49.9 Å². The monoisotopic (exact) mass is 698 g/mol. The lowest BCUT2D eigenvalue weighted by Crippen LogP contribution is -2.57. The number of benzene rings is 2. The van der Waals surface area contributed by atoms with Crippen molar-refractivity contribution in [2.75, 3.05) is 13.2 Å². The van der Waals surface area contributed by atoms with Crippen LogP contribution in [-0.2, 0) is 41.5 Å². The highest BCUT2D eigenvalue weighted by Gasteiger charge is 2.32. The normalized spacial score (nSPS) is 12.9. The molecule has 12 heteroatoms. The van der Waals surface area contributed by atoms with E-state index in [1.165, 1.54) is 0 Å². The van der Waals surface area contributed by atoms with Crippen molar-refractivity contribution in [3.63, 3.8) is 0 Å². The molecular formula is C38H58N4O8. The fourth-order valence-corrected chi connectivity index (χ4v) is 4.79. The van der Waals surface area contributed by atoms with Crippen LogP contribution in [0.15, 0.2) is 60.7 Å². The van der Waals surface area contributed by atoms with Gasteiger partial charge in [-0.2, -0.15) is 0 Å². The molecule has 0 spiro atoms. The number of carbonyl (C=O) groups is 5. The summed E-state index contributed by atoms with van der Waals surface area (Å²) >= 11 is 0. The molecular weight excluding hydrogens is 640 g/mol. The van der Waals surface area contributed by atoms with Gasteiger partial charge in [-0.1, -0.05) is 60.7 Å². The molecule has 0 radical (unpaired) electrons. The van der Waals surface area contributed by atoms with Crippen molar-refractivity contribution in [3.05, 3.63) is 71.8 Å². The second kappa shape index (κ2) is 22.3. The van der Waals surface area contributed by atoms with Gasteiger partial charge in [-0.15, -0.1) is 0 Å². The number of rotatable bonds is 17. The highest BCUT2D eigenvalue weighted by Crippen LogP contribution is 2.14. The Hall–Kier alpha value is -4.45. The van der Waals surface area contributed by atoms with Gasteiger partial charge in [0.05, 0.1) is 6.61 Å². The molecule has 0 aliphatic carbocycles. The van der Waals surface area contributed by atoms with Crippen LogP contribution in [0.5, 0.6) is 0 Å². The van der Waals surface area contributed by atoms with Gasteiger partial charge in [0.1, 0.15) is 17.2 Å². The topological polar surface area (TPSA) is 172 Å². The lowest BCUT2D eigenvalue weighted by Gasteiger charge is -2.29. The van der Waals surface area contributed by atoms with Crippen molar-refractivity contribution >= 4 is 29.8 Å². The van der Waals surface area contributed by atoms with Gasteiger partial charge in [-0.05, 0) is 92.2 Å². The molecule has 0 unspecified atom stereocenters. The number of ether oxygens (including phenoxy) is 2. The molecule has 4 amide bonds. The SMILES string of the molecule is CCO.CCOC(=O)CC[C@H](Cc1ccccc1)NC(=O)C(C)(C)NC(=O)CC[C@H](Cc1ccccc1)NC(=O)[C@H](C)NC(=O)OC(C)(C)C. The van der Waals surface area contributed by atoms with Crippen molar-refractivity contribution < 1.29 is 38.6 Å². The van der Waals surface area contributed by atoms with Crippen molar-refractivity contribution in [3.8, 4) is 0 Å². The predicted octanol–water partition coefficient (Wildman–Crippen LogP) is 4.37. The van der Waals surface area contributed by atoms with Gasteiger partial charge in [-0.3, -0.25) is 19.2 Å². The minimum atomic E-state index is -1.25. The molecule has 2 aromatic carbocycles. The Morgan fingerprint density at radius 2 is 1.22 bits per heavy atom. The lowest BCUT2D eigenvalue weighted by atomic mass is 9.98. The summed E-state index contributed by atoms with van der Waals surface area (Å²) in [5, 5.41) is 18.9. The second-order valence-corrected chi connectivity index (χ2v) is 13.5. The summed E-state index contributed by atoms with van der Waals surface area (Å²) in [5.74, 6) is -1.49. The standard InChI is InChI=1S/C36H52N4O7.C2H6O/c1-8-46-31(42)22-20-29(24-27-17-13-10-14-18-27)39-33(44)36(6,7)40-30(41)21-19-28(23-26-15-11-9-12-16-26)38-32(43)25(2)37-34(45)47-35(3,4)5;1-2-3/h9-18,25,28-29H,8,19-24H2,1-7H3,(H,37,45)(H,38,43)(H,39,44)(H,40,41);3H,2H2,1H3/t25-,28+,29+;/m0./s1. The van der Waals surface area contributed by atoms with E-state index in [2.05, 4.69) is 21.3 Å². The second-order valence-electron chi connectivity index (χ2n) is 13.5. The fraction of sp³-hybridized carbons (Fsp3) is 0.553. The third-order valence-electron chi connectivity index (χ3n) is 7.20. The molecule has 278 valence electrons. The van der Waals surface area contributed by atoms with Crippen LogP contribution < -0.4 is 21.3 Å². The Labute approximate surface area is 297 Å². The first-order valence-electron chi connectivity index (χ1n) is 17.3. The smallest absolute Gasteiger partial charge is 0.408 e. The third-order valence-corrected chi connectivity index (χ3v) is 7.20. The van der Waals surface area contributed by atoms with E-state index in [4.69, 9.17) is 14.6 Å². The summed E-state index contributed by atoms with van der Waals surface area (Å²) < 4.78 is 10.3. The van der Waals surface area contributed by atoms with Gasteiger partial charge < -0.3 is 35.8 Å². The number of hydrogen-bond donors (Lipinski definition) is 5. The van der Waals surface area contributed by atoms with Gasteiger partial charge >= 0.3 is 12.1 Å². The number of carbonyl (C=O) groups excluding carboxylic acids is 5. The van der Waals surface area contributed by atoms with E-state index in [1.807, 2.05) is 60.7 Å². The summed E-state index contributed by atoms with van der Waals surface area (Å²) in [6, 6.07) is 17.5. The van der Waals surface area contributed by atoms with Gasteiger partial charge in [0.2, 0.25) is 17.7 Å². The Kier molecular flexibility index (Phi) is 19.4. The fourth-order valence-electron chi connectivity index (χ4n) is 4.79. The van der Waals surface area contributed by atoms with E-state index >= 15 is 0 Å². The first-order valence-corrected chi connectivity index (χ1v) is 17.3. The largest absolute Gasteiger partial charge is 0.466 e. The van der Waals surface area contributed by atoms with Gasteiger partial charge in [-0.25, -0.2) is 4.79 Å². The summed E-state index contributed by atoms with van der Waals surface area (Å²) in [7, 11) is 0. The van der Waals surface area contributed by atoms with Gasteiger partial charge in [0.25, 0.3) is 0 Å². The maximum Gasteiger partial charge on any atom is 0.408 e. The zero-order chi connectivity index (χ0) is 37.7. The lowest BCUT2D eigenvalue weighted by molar-refractivity contribution is -0.143. The van der Waals surface area contributed by atoms with Gasteiger partial charge in [0, 0.05) is 31.5 Å². The number of hydrogen-bond acceptors (Lipinski definition) is 8. The van der Waals surface area contributed by atoms with E-state index in [9.17, 15) is 24.0 Å². The van der Waals surface area contributed by atoms with Crippen LogP contribution in [0.3, 0.4) is 0 Å². The summed E-state index contributed by atoms with van der Waals surface area (Å²) in [5.41, 5.74) is 0.0168. The molecule has 2 aromatic rings. The maximum atomic E-state index is 13.4. The number of alkyl carbamates (subject to hydrolysis) is 1. The maximum absolute atomic E-state index is 13.4. The molecule has 50 heavy (non-hydrogen) atoms. The van der Waals surface area contributed by atoms with Crippen molar-refractivity contribution in [1.82, 2.24) is 21.3 Å². The number of amides is 4. The number of aliphatic hydroxyl groups is 1. The van der Waals surface area contributed by atoms with E-state index in [0.717, 1.165) is 11.1 Å². The number of esters is 1. The van der Waals surface area contributed by atoms with Crippen molar-refractivity contribution in [2.45, 2.75) is 123 Å². The Bertz CT molecular complexity index is 1330. The predicted molar refractivity (Wildman–Crippen MR) is 193 cm³/mol. The average Bonchev–Trinajstić information content (AvgIpc) is 3.02. The van der Waals surface area contributed by atoms with Crippen LogP contribution in [0.4, 0.5) is 4.79 Å². The zero-order valence-electron chi connectivity index (χ0n) is 31.0. The minimum absolute atomic E-state index is 0.0403. The highest BCUT2D eigenvalue weighted by atomic mass is 16.6. The molecule has 0 saturated carbocycles. The first-order chi connectivity index (χ1) is 23.5. The first kappa shape index (κ1) is 43.6.